The fourth-order valence-electron chi connectivity index (χ4n) is 4.09. The molecule has 0 unspecified atom stereocenters. The average Bonchev–Trinajstić information content (AvgIpc) is 2.72. The molecule has 1 heterocycles. The summed E-state index contributed by atoms with van der Waals surface area (Å²) in [6.45, 7) is 13.1. The van der Waals surface area contributed by atoms with Gasteiger partial charge in [-0.1, -0.05) is 41.5 Å². The molecule has 1 aliphatic rings. The number of nitrogens with two attached hydrogens (primary N) is 1. The van der Waals surface area contributed by atoms with Crippen LogP contribution in [-0.2, 0) is 4.79 Å². The van der Waals surface area contributed by atoms with Crippen molar-refractivity contribution in [1.29, 1.82) is 0 Å². The van der Waals surface area contributed by atoms with Gasteiger partial charge in [0, 0.05) is 6.54 Å². The maximum atomic E-state index is 12.8. The molecule has 0 spiro atoms. The highest BCUT2D eigenvalue weighted by Crippen LogP contribution is 2.42. The van der Waals surface area contributed by atoms with Crippen molar-refractivity contribution in [3.8, 4) is 0 Å². The second kappa shape index (κ2) is 6.27. The van der Waals surface area contributed by atoms with Crippen molar-refractivity contribution in [2.75, 3.05) is 6.54 Å². The van der Waals surface area contributed by atoms with Crippen LogP contribution < -0.4 is 5.73 Å². The van der Waals surface area contributed by atoms with Crippen molar-refractivity contribution in [3.63, 3.8) is 0 Å². The Kier molecular flexibility index (Phi) is 5.51. The van der Waals surface area contributed by atoms with E-state index < -0.39 is 19.1 Å². The molecule has 4 N–H and O–H groups in total. The Morgan fingerprint density at radius 1 is 1.19 bits per heavy atom. The van der Waals surface area contributed by atoms with Crippen molar-refractivity contribution in [3.05, 3.63) is 0 Å². The largest absolute Gasteiger partial charge is 0.475 e. The molecular weight excluding hydrogens is 267 g/mol. The van der Waals surface area contributed by atoms with Gasteiger partial charge < -0.3 is 20.7 Å². The average molecular weight is 298 g/mol. The molecule has 1 fully saturated rings. The highest BCUT2D eigenvalue weighted by atomic mass is 16.4. The summed E-state index contributed by atoms with van der Waals surface area (Å²) in [4.78, 5) is 14.3. The molecule has 0 aromatic rings. The van der Waals surface area contributed by atoms with Crippen LogP contribution >= 0.6 is 0 Å². The number of hydrogen-bond donors (Lipinski definition) is 3. The molecule has 0 aliphatic carbocycles. The van der Waals surface area contributed by atoms with Gasteiger partial charge >= 0.3 is 7.12 Å². The van der Waals surface area contributed by atoms with E-state index in [-0.39, 0.29) is 22.7 Å². The molecule has 1 saturated heterocycles. The summed E-state index contributed by atoms with van der Waals surface area (Å²) in [5.41, 5.74) is 6.10. The Balaban J connectivity index is 2.99. The monoisotopic (exact) mass is 298 g/mol. The lowest BCUT2D eigenvalue weighted by molar-refractivity contribution is -0.137. The number of carbonyl (C=O) groups is 1. The summed E-state index contributed by atoms with van der Waals surface area (Å²) in [5, 5.41) is 18.9. The molecule has 5 nitrogen and oxygen atoms in total. The summed E-state index contributed by atoms with van der Waals surface area (Å²) in [5.74, 6) is -0.695. The molecule has 0 saturated carbocycles. The molecule has 2 atom stereocenters. The van der Waals surface area contributed by atoms with E-state index in [0.29, 0.717) is 13.0 Å². The van der Waals surface area contributed by atoms with Gasteiger partial charge in [0.1, 0.15) is 0 Å². The van der Waals surface area contributed by atoms with Gasteiger partial charge in [-0.3, -0.25) is 4.79 Å². The molecular formula is C15H31BN2O3. The third kappa shape index (κ3) is 4.21. The minimum Gasteiger partial charge on any atom is -0.426 e. The summed E-state index contributed by atoms with van der Waals surface area (Å²) in [6.07, 6.45) is 1.41. The first-order chi connectivity index (χ1) is 9.37. The molecule has 6 heteroatoms. The Morgan fingerprint density at radius 2 is 1.67 bits per heavy atom. The van der Waals surface area contributed by atoms with Crippen LogP contribution in [0, 0.1) is 16.7 Å². The summed E-state index contributed by atoms with van der Waals surface area (Å²) in [7, 11) is -1.49. The zero-order chi connectivity index (χ0) is 16.6. The second-order valence-electron chi connectivity index (χ2n) is 8.39. The molecule has 0 aromatic heterocycles. The van der Waals surface area contributed by atoms with Crippen molar-refractivity contribution >= 4 is 13.0 Å². The van der Waals surface area contributed by atoms with Gasteiger partial charge in [-0.15, -0.1) is 0 Å². The molecule has 0 aromatic carbocycles. The minimum atomic E-state index is -1.49. The first-order valence-corrected chi connectivity index (χ1v) is 7.79. The van der Waals surface area contributed by atoms with E-state index in [4.69, 9.17) is 5.73 Å². The maximum absolute atomic E-state index is 12.8. The van der Waals surface area contributed by atoms with Crippen molar-refractivity contribution in [1.82, 2.24) is 4.90 Å². The lowest BCUT2D eigenvalue weighted by Crippen LogP contribution is -2.57. The van der Waals surface area contributed by atoms with Gasteiger partial charge in [-0.25, -0.2) is 0 Å². The standard InChI is InChI=1S/C15H31BN2O3/c1-14(2,3)12(15(4,5)6)11(17)13(19)18-9-7-8-10(18)16(20)21/h10-12,20-21H,7-9,17H2,1-6H3/t10-,11-/m0/s1. The van der Waals surface area contributed by atoms with Gasteiger partial charge in [-0.05, 0) is 29.6 Å². The minimum absolute atomic E-state index is 0.00501. The molecule has 1 rings (SSSR count). The maximum Gasteiger partial charge on any atom is 0.475 e. The van der Waals surface area contributed by atoms with Crippen LogP contribution in [0.1, 0.15) is 54.4 Å². The number of hydrogen-bond acceptors (Lipinski definition) is 4. The molecule has 0 bridgehead atoms. The number of nitrogens with zero attached hydrogens (tertiary/aromatic N) is 1. The summed E-state index contributed by atoms with van der Waals surface area (Å²) >= 11 is 0. The van der Waals surface area contributed by atoms with Crippen LogP contribution in [-0.4, -0.2) is 46.5 Å². The van der Waals surface area contributed by atoms with E-state index in [1.165, 1.54) is 0 Å². The number of carbonyl (C=O) groups excluding carboxylic acids is 1. The Morgan fingerprint density at radius 3 is 2.05 bits per heavy atom. The van der Waals surface area contributed by atoms with Crippen molar-refractivity contribution in [2.24, 2.45) is 22.5 Å². The molecule has 122 valence electrons. The topological polar surface area (TPSA) is 86.8 Å². The quantitative estimate of drug-likeness (QED) is 0.679. The molecule has 1 aliphatic heterocycles. The fourth-order valence-corrected chi connectivity index (χ4v) is 4.09. The predicted octanol–water partition coefficient (Wildman–Crippen LogP) is 1.03. The number of amides is 1. The van der Waals surface area contributed by atoms with Crippen molar-refractivity contribution < 1.29 is 14.8 Å². The normalized spacial score (nSPS) is 21.8. The van der Waals surface area contributed by atoms with Crippen LogP contribution in [0.2, 0.25) is 0 Å². The smallest absolute Gasteiger partial charge is 0.426 e. The first-order valence-electron chi connectivity index (χ1n) is 7.79. The van der Waals surface area contributed by atoms with Crippen LogP contribution in [0.25, 0.3) is 0 Å². The van der Waals surface area contributed by atoms with Gasteiger partial charge in [0.15, 0.2) is 0 Å². The predicted molar refractivity (Wildman–Crippen MR) is 85.3 cm³/mol. The highest BCUT2D eigenvalue weighted by Gasteiger charge is 2.46. The second-order valence-corrected chi connectivity index (χ2v) is 8.39. The fraction of sp³-hybridized carbons (Fsp3) is 0.933. The molecule has 1 amide bonds. The molecule has 0 radical (unpaired) electrons. The van der Waals surface area contributed by atoms with Crippen LogP contribution in [0.5, 0.6) is 0 Å². The van der Waals surface area contributed by atoms with E-state index in [1.807, 2.05) is 0 Å². The lowest BCUT2D eigenvalue weighted by atomic mass is 9.63. The SMILES string of the molecule is CC(C)(C)C([C@H](N)C(=O)N1CCC[C@H]1B(O)O)C(C)(C)C. The third-order valence-corrected chi connectivity index (χ3v) is 4.44. The first kappa shape index (κ1) is 18.5. The van der Waals surface area contributed by atoms with Gasteiger partial charge in [0.25, 0.3) is 0 Å². The lowest BCUT2D eigenvalue weighted by Gasteiger charge is -2.45. The molecule has 21 heavy (non-hydrogen) atoms. The zero-order valence-electron chi connectivity index (χ0n) is 14.3. The van der Waals surface area contributed by atoms with E-state index in [0.717, 1.165) is 6.42 Å². The van der Waals surface area contributed by atoms with Gasteiger partial charge in [-0.2, -0.15) is 0 Å². The Hall–Kier alpha value is -0.585. The van der Waals surface area contributed by atoms with Crippen LogP contribution in [0.4, 0.5) is 0 Å². The van der Waals surface area contributed by atoms with Crippen molar-refractivity contribution in [2.45, 2.75) is 66.4 Å². The summed E-state index contributed by atoms with van der Waals surface area (Å²) < 4.78 is 0. The van der Waals surface area contributed by atoms with E-state index >= 15 is 0 Å². The summed E-state index contributed by atoms with van der Waals surface area (Å²) in [6, 6.07) is -0.635. The number of likely N-dealkylation sites (tertiary alicyclic amines) is 1. The number of rotatable bonds is 3. The van der Waals surface area contributed by atoms with Gasteiger partial charge in [0.05, 0.1) is 12.0 Å². The van der Waals surface area contributed by atoms with E-state index in [1.54, 1.807) is 4.90 Å². The van der Waals surface area contributed by atoms with Crippen LogP contribution in [0.15, 0.2) is 0 Å². The zero-order valence-corrected chi connectivity index (χ0v) is 14.3. The van der Waals surface area contributed by atoms with Gasteiger partial charge in [0.2, 0.25) is 5.91 Å². The Bertz CT molecular complexity index is 360. The highest BCUT2D eigenvalue weighted by molar-refractivity contribution is 6.43. The Labute approximate surface area is 129 Å². The van der Waals surface area contributed by atoms with E-state index in [9.17, 15) is 14.8 Å². The van der Waals surface area contributed by atoms with Crippen LogP contribution in [0.3, 0.4) is 0 Å². The van der Waals surface area contributed by atoms with E-state index in [2.05, 4.69) is 41.5 Å². The third-order valence-electron chi connectivity index (χ3n) is 4.44.